The Morgan fingerprint density at radius 3 is 2.79 bits per heavy atom. The zero-order valence-electron chi connectivity index (χ0n) is 11.6. The minimum Gasteiger partial charge on any atom is -0.444 e. The van der Waals surface area contributed by atoms with Gasteiger partial charge in [-0.2, -0.15) is 5.10 Å². The molecule has 19 heavy (non-hydrogen) atoms. The molecule has 2 rings (SSSR count). The predicted molar refractivity (Wildman–Crippen MR) is 71.5 cm³/mol. The monoisotopic (exact) mass is 261 g/mol. The molecule has 0 bridgehead atoms. The second-order valence-corrected chi connectivity index (χ2v) is 5.85. The minimum atomic E-state index is -0.439. The van der Waals surface area contributed by atoms with Gasteiger partial charge >= 0.3 is 6.09 Å². The van der Waals surface area contributed by atoms with Gasteiger partial charge in [-0.25, -0.2) is 4.79 Å². The highest BCUT2D eigenvalue weighted by Gasteiger charge is 2.33. The van der Waals surface area contributed by atoms with Crippen LogP contribution in [0.2, 0.25) is 0 Å². The van der Waals surface area contributed by atoms with Gasteiger partial charge in [-0.3, -0.25) is 4.68 Å². The van der Waals surface area contributed by atoms with Crippen molar-refractivity contribution in [3.05, 3.63) is 18.0 Å². The number of rotatable bonds is 2. The van der Waals surface area contributed by atoms with E-state index in [1.165, 1.54) is 0 Å². The Labute approximate surface area is 113 Å². The molecule has 5 heteroatoms. The van der Waals surface area contributed by atoms with Gasteiger partial charge in [-0.1, -0.05) is 5.92 Å². The van der Waals surface area contributed by atoms with Crippen LogP contribution in [-0.4, -0.2) is 39.5 Å². The normalized spacial score (nSPS) is 15.8. The van der Waals surface area contributed by atoms with Crippen LogP contribution in [0.15, 0.2) is 12.4 Å². The maximum Gasteiger partial charge on any atom is 0.410 e. The molecule has 5 nitrogen and oxygen atoms in total. The van der Waals surface area contributed by atoms with Crippen molar-refractivity contribution in [2.45, 2.75) is 32.9 Å². The Bertz CT molecular complexity index is 501. The SMILES string of the molecule is C#Cc1cnn(CC2CN(C(=O)OC(C)(C)C)C2)c1. The first-order valence-electron chi connectivity index (χ1n) is 6.34. The average molecular weight is 261 g/mol. The van der Waals surface area contributed by atoms with E-state index in [1.54, 1.807) is 11.1 Å². The molecule has 0 aromatic carbocycles. The Hall–Kier alpha value is -1.96. The molecule has 0 spiro atoms. The highest BCUT2D eigenvalue weighted by molar-refractivity contribution is 5.69. The molecule has 1 amide bonds. The molecule has 1 aromatic heterocycles. The van der Waals surface area contributed by atoms with Crippen LogP contribution in [0.3, 0.4) is 0 Å². The fraction of sp³-hybridized carbons (Fsp3) is 0.571. The summed E-state index contributed by atoms with van der Waals surface area (Å²) in [6.07, 6.45) is 8.56. The minimum absolute atomic E-state index is 0.242. The number of nitrogens with zero attached hydrogens (tertiary/aromatic N) is 3. The molecule has 0 N–H and O–H groups in total. The summed E-state index contributed by atoms with van der Waals surface area (Å²) in [6.45, 7) is 7.80. The summed E-state index contributed by atoms with van der Waals surface area (Å²) in [5.74, 6) is 2.96. The van der Waals surface area contributed by atoms with Crippen LogP contribution >= 0.6 is 0 Å². The number of carbonyl (C=O) groups is 1. The third-order valence-corrected chi connectivity index (χ3v) is 2.85. The van der Waals surface area contributed by atoms with Crippen LogP contribution in [0.25, 0.3) is 0 Å². The second kappa shape index (κ2) is 4.96. The molecule has 1 saturated heterocycles. The first-order chi connectivity index (χ1) is 8.87. The summed E-state index contributed by atoms with van der Waals surface area (Å²) in [4.78, 5) is 13.5. The number of hydrogen-bond donors (Lipinski definition) is 0. The molecular formula is C14H19N3O2. The van der Waals surface area contributed by atoms with E-state index in [0.29, 0.717) is 19.0 Å². The van der Waals surface area contributed by atoms with Crippen molar-refractivity contribution >= 4 is 6.09 Å². The molecule has 1 aliphatic heterocycles. The van der Waals surface area contributed by atoms with Crippen LogP contribution in [0, 0.1) is 18.3 Å². The highest BCUT2D eigenvalue weighted by Crippen LogP contribution is 2.20. The van der Waals surface area contributed by atoms with Crippen molar-refractivity contribution in [3.63, 3.8) is 0 Å². The van der Waals surface area contributed by atoms with E-state index in [2.05, 4.69) is 11.0 Å². The van der Waals surface area contributed by atoms with E-state index in [1.807, 2.05) is 31.6 Å². The summed E-state index contributed by atoms with van der Waals surface area (Å²) in [6, 6.07) is 0. The van der Waals surface area contributed by atoms with E-state index in [9.17, 15) is 4.79 Å². The molecule has 0 saturated carbocycles. The lowest BCUT2D eigenvalue weighted by Gasteiger charge is -2.39. The maximum absolute atomic E-state index is 11.7. The van der Waals surface area contributed by atoms with Crippen LogP contribution in [0.5, 0.6) is 0 Å². The summed E-state index contributed by atoms with van der Waals surface area (Å²) >= 11 is 0. The van der Waals surface area contributed by atoms with Crippen LogP contribution < -0.4 is 0 Å². The number of amides is 1. The summed E-state index contributed by atoms with van der Waals surface area (Å²) in [7, 11) is 0. The number of hydrogen-bond acceptors (Lipinski definition) is 3. The molecule has 1 aliphatic rings. The van der Waals surface area contributed by atoms with Crippen LogP contribution in [0.4, 0.5) is 4.79 Å². The number of aromatic nitrogens is 2. The van der Waals surface area contributed by atoms with Gasteiger partial charge in [0, 0.05) is 31.7 Å². The van der Waals surface area contributed by atoms with Gasteiger partial charge in [0.05, 0.1) is 11.8 Å². The molecule has 0 unspecified atom stereocenters. The van der Waals surface area contributed by atoms with Crippen LogP contribution in [-0.2, 0) is 11.3 Å². The Morgan fingerprint density at radius 2 is 2.26 bits per heavy atom. The largest absolute Gasteiger partial charge is 0.444 e. The number of carbonyl (C=O) groups excluding carboxylic acids is 1. The zero-order chi connectivity index (χ0) is 14.0. The second-order valence-electron chi connectivity index (χ2n) is 5.85. The Kier molecular flexibility index (Phi) is 3.52. The standard InChI is InChI=1S/C14H19N3O2/c1-5-11-6-15-17(9-11)10-12-7-16(8-12)13(18)19-14(2,3)4/h1,6,9,12H,7-8,10H2,2-4H3. The molecule has 102 valence electrons. The third-order valence-electron chi connectivity index (χ3n) is 2.85. The number of terminal acetylenes is 1. The molecule has 0 atom stereocenters. The fourth-order valence-corrected chi connectivity index (χ4v) is 1.96. The van der Waals surface area contributed by atoms with E-state index in [4.69, 9.17) is 11.2 Å². The quantitative estimate of drug-likeness (QED) is 0.762. The van der Waals surface area contributed by atoms with Gasteiger partial charge in [-0.05, 0) is 20.8 Å². The average Bonchev–Trinajstić information content (AvgIpc) is 2.67. The highest BCUT2D eigenvalue weighted by atomic mass is 16.6. The Morgan fingerprint density at radius 1 is 1.58 bits per heavy atom. The summed E-state index contributed by atoms with van der Waals surface area (Å²) < 4.78 is 7.13. The lowest BCUT2D eigenvalue weighted by molar-refractivity contribution is -0.00383. The van der Waals surface area contributed by atoms with Gasteiger partial charge in [0.1, 0.15) is 5.60 Å². The first kappa shape index (κ1) is 13.5. The van der Waals surface area contributed by atoms with Crippen molar-refractivity contribution in [1.82, 2.24) is 14.7 Å². The lowest BCUT2D eigenvalue weighted by atomic mass is 10.0. The molecular weight excluding hydrogens is 242 g/mol. The lowest BCUT2D eigenvalue weighted by Crippen LogP contribution is -2.52. The van der Waals surface area contributed by atoms with Crippen molar-refractivity contribution in [2.75, 3.05) is 13.1 Å². The smallest absolute Gasteiger partial charge is 0.410 e. The zero-order valence-corrected chi connectivity index (χ0v) is 11.6. The topological polar surface area (TPSA) is 47.4 Å². The molecule has 0 radical (unpaired) electrons. The molecule has 0 aliphatic carbocycles. The van der Waals surface area contributed by atoms with E-state index in [-0.39, 0.29) is 6.09 Å². The predicted octanol–water partition coefficient (Wildman–Crippen LogP) is 1.73. The first-order valence-corrected chi connectivity index (χ1v) is 6.34. The van der Waals surface area contributed by atoms with Crippen molar-refractivity contribution < 1.29 is 9.53 Å². The van der Waals surface area contributed by atoms with Gasteiger partial charge in [0.2, 0.25) is 0 Å². The van der Waals surface area contributed by atoms with Crippen LogP contribution in [0.1, 0.15) is 26.3 Å². The summed E-state index contributed by atoms with van der Waals surface area (Å²) in [5, 5.41) is 4.18. The van der Waals surface area contributed by atoms with Crippen molar-refractivity contribution in [1.29, 1.82) is 0 Å². The summed E-state index contributed by atoms with van der Waals surface area (Å²) in [5.41, 5.74) is 0.342. The van der Waals surface area contributed by atoms with Crippen molar-refractivity contribution in [2.24, 2.45) is 5.92 Å². The van der Waals surface area contributed by atoms with Gasteiger partial charge in [-0.15, -0.1) is 6.42 Å². The number of ether oxygens (including phenoxy) is 1. The van der Waals surface area contributed by atoms with E-state index >= 15 is 0 Å². The third kappa shape index (κ3) is 3.50. The van der Waals surface area contributed by atoms with Gasteiger partial charge in [0.25, 0.3) is 0 Å². The van der Waals surface area contributed by atoms with Crippen molar-refractivity contribution in [3.8, 4) is 12.3 Å². The Balaban J connectivity index is 1.77. The van der Waals surface area contributed by atoms with Gasteiger partial charge < -0.3 is 9.64 Å². The van der Waals surface area contributed by atoms with E-state index in [0.717, 1.165) is 12.1 Å². The number of likely N-dealkylation sites (tertiary alicyclic amines) is 1. The molecule has 1 aromatic rings. The van der Waals surface area contributed by atoms with E-state index < -0.39 is 5.60 Å². The molecule has 1 fully saturated rings. The maximum atomic E-state index is 11.7. The van der Waals surface area contributed by atoms with Gasteiger partial charge in [0.15, 0.2) is 0 Å². The molecule has 2 heterocycles. The fourth-order valence-electron chi connectivity index (χ4n) is 1.96.